The zero-order chi connectivity index (χ0) is 17.2. The van der Waals surface area contributed by atoms with E-state index in [1.54, 1.807) is 6.20 Å². The summed E-state index contributed by atoms with van der Waals surface area (Å²) < 4.78 is 8.14. The van der Waals surface area contributed by atoms with E-state index in [-0.39, 0.29) is 0 Å². The fourth-order valence-corrected chi connectivity index (χ4v) is 2.95. The van der Waals surface area contributed by atoms with Crippen LogP contribution in [0, 0.1) is 13.8 Å². The van der Waals surface area contributed by atoms with Crippen LogP contribution in [0.2, 0.25) is 0 Å². The molecule has 4 nitrogen and oxygen atoms in total. The number of aromatic nitrogens is 3. The molecule has 1 aromatic carbocycles. The minimum atomic E-state index is 0.696. The molecule has 0 amide bonds. The van der Waals surface area contributed by atoms with Gasteiger partial charge in [-0.25, -0.2) is 4.98 Å². The van der Waals surface area contributed by atoms with Crippen molar-refractivity contribution in [3.05, 3.63) is 84.1 Å². The van der Waals surface area contributed by atoms with Gasteiger partial charge in [-0.05, 0) is 37.1 Å². The van der Waals surface area contributed by atoms with E-state index in [4.69, 9.17) is 4.42 Å². The first-order chi connectivity index (χ1) is 12.2. The summed E-state index contributed by atoms with van der Waals surface area (Å²) in [5, 5.41) is 0. The number of nitrogens with zero attached hydrogens (tertiary/aromatic N) is 3. The molecule has 0 aliphatic heterocycles. The molecule has 0 saturated heterocycles. The molecular weight excluding hydrogens is 310 g/mol. The number of furan rings is 1. The van der Waals surface area contributed by atoms with Crippen molar-refractivity contribution in [3.8, 4) is 22.7 Å². The molecule has 0 spiro atoms. The van der Waals surface area contributed by atoms with Gasteiger partial charge in [0.1, 0.15) is 11.5 Å². The smallest absolute Gasteiger partial charge is 0.153 e. The maximum atomic E-state index is 6.02. The molecule has 4 rings (SSSR count). The van der Waals surface area contributed by atoms with E-state index in [0.717, 1.165) is 39.6 Å². The fraction of sp³-hybridized carbons (Fsp3) is 0.143. The van der Waals surface area contributed by atoms with Gasteiger partial charge in [0.05, 0.1) is 18.6 Å². The van der Waals surface area contributed by atoms with Gasteiger partial charge in [-0.1, -0.05) is 36.4 Å². The topological polar surface area (TPSA) is 43.9 Å². The summed E-state index contributed by atoms with van der Waals surface area (Å²) in [6, 6.07) is 16.3. The molecule has 0 unspecified atom stereocenters. The number of benzene rings is 1. The number of aryl methyl sites for hydroxylation is 2. The zero-order valence-corrected chi connectivity index (χ0v) is 14.3. The number of hydrogen-bond donors (Lipinski definition) is 0. The number of pyridine rings is 1. The second-order valence-electron chi connectivity index (χ2n) is 6.15. The Bertz CT molecular complexity index is 965. The van der Waals surface area contributed by atoms with Gasteiger partial charge in [-0.2, -0.15) is 0 Å². The molecule has 0 bridgehead atoms. The van der Waals surface area contributed by atoms with Crippen LogP contribution >= 0.6 is 0 Å². The Kier molecular flexibility index (Phi) is 3.94. The predicted molar refractivity (Wildman–Crippen MR) is 98.2 cm³/mol. The first-order valence-electron chi connectivity index (χ1n) is 8.29. The van der Waals surface area contributed by atoms with Gasteiger partial charge in [0.15, 0.2) is 5.76 Å². The van der Waals surface area contributed by atoms with Crippen LogP contribution in [0.4, 0.5) is 0 Å². The van der Waals surface area contributed by atoms with Gasteiger partial charge in [-0.3, -0.25) is 4.98 Å². The molecule has 0 fully saturated rings. The third kappa shape index (κ3) is 2.98. The first-order valence-corrected chi connectivity index (χ1v) is 8.29. The second kappa shape index (κ2) is 6.40. The Morgan fingerprint density at radius 1 is 1.04 bits per heavy atom. The molecule has 0 aliphatic rings. The molecule has 3 heterocycles. The highest BCUT2D eigenvalue weighted by atomic mass is 16.3. The fourth-order valence-electron chi connectivity index (χ4n) is 2.95. The van der Waals surface area contributed by atoms with Crippen molar-refractivity contribution in [2.75, 3.05) is 0 Å². The molecule has 0 saturated carbocycles. The average molecular weight is 329 g/mol. The minimum Gasteiger partial charge on any atom is -0.459 e. The van der Waals surface area contributed by atoms with Crippen molar-refractivity contribution in [3.63, 3.8) is 0 Å². The van der Waals surface area contributed by atoms with E-state index in [9.17, 15) is 0 Å². The Hall–Kier alpha value is -3.14. The monoisotopic (exact) mass is 329 g/mol. The highest BCUT2D eigenvalue weighted by molar-refractivity contribution is 5.76. The lowest BCUT2D eigenvalue weighted by Gasteiger charge is -2.08. The lowest BCUT2D eigenvalue weighted by Crippen LogP contribution is -2.01. The Labute approximate surface area is 146 Å². The van der Waals surface area contributed by atoms with E-state index in [1.165, 1.54) is 0 Å². The number of imidazole rings is 1. The maximum Gasteiger partial charge on any atom is 0.153 e. The summed E-state index contributed by atoms with van der Waals surface area (Å²) in [6.45, 7) is 4.75. The SMILES string of the molecule is Cc1cc(-c2c(-c3ccccc3)ncn2Cc2cccnc2)oc1C. The molecule has 4 heteroatoms. The molecule has 4 aromatic rings. The van der Waals surface area contributed by atoms with Crippen LogP contribution in [-0.2, 0) is 6.54 Å². The molecular formula is C21H19N3O. The molecule has 0 atom stereocenters. The van der Waals surface area contributed by atoms with Gasteiger partial charge in [0, 0.05) is 18.0 Å². The summed E-state index contributed by atoms with van der Waals surface area (Å²) in [6.07, 6.45) is 5.54. The van der Waals surface area contributed by atoms with Gasteiger partial charge >= 0.3 is 0 Å². The highest BCUT2D eigenvalue weighted by Gasteiger charge is 2.19. The number of rotatable bonds is 4. The third-order valence-electron chi connectivity index (χ3n) is 4.36. The van der Waals surface area contributed by atoms with E-state index < -0.39 is 0 Å². The van der Waals surface area contributed by atoms with Gasteiger partial charge in [0.25, 0.3) is 0 Å². The molecule has 0 N–H and O–H groups in total. The third-order valence-corrected chi connectivity index (χ3v) is 4.36. The van der Waals surface area contributed by atoms with E-state index in [1.807, 2.05) is 43.7 Å². The van der Waals surface area contributed by atoms with Crippen LogP contribution in [0.3, 0.4) is 0 Å². The van der Waals surface area contributed by atoms with Crippen molar-refractivity contribution >= 4 is 0 Å². The minimum absolute atomic E-state index is 0.696. The van der Waals surface area contributed by atoms with Crippen LogP contribution in [0.15, 0.2) is 71.7 Å². The quantitative estimate of drug-likeness (QED) is 0.536. The van der Waals surface area contributed by atoms with Crippen molar-refractivity contribution in [1.29, 1.82) is 0 Å². The van der Waals surface area contributed by atoms with Crippen LogP contribution in [0.1, 0.15) is 16.9 Å². The lowest BCUT2D eigenvalue weighted by atomic mass is 10.1. The van der Waals surface area contributed by atoms with Crippen molar-refractivity contribution < 1.29 is 4.42 Å². The first kappa shape index (κ1) is 15.4. The van der Waals surface area contributed by atoms with Gasteiger partial charge < -0.3 is 8.98 Å². The summed E-state index contributed by atoms with van der Waals surface area (Å²) in [4.78, 5) is 8.89. The molecule has 3 aromatic heterocycles. The molecule has 0 aliphatic carbocycles. The highest BCUT2D eigenvalue weighted by Crippen LogP contribution is 2.33. The zero-order valence-electron chi connectivity index (χ0n) is 14.3. The molecule has 25 heavy (non-hydrogen) atoms. The normalized spacial score (nSPS) is 11.0. The second-order valence-corrected chi connectivity index (χ2v) is 6.15. The van der Waals surface area contributed by atoms with E-state index in [2.05, 4.69) is 45.7 Å². The largest absolute Gasteiger partial charge is 0.459 e. The van der Waals surface area contributed by atoms with Crippen LogP contribution in [0.25, 0.3) is 22.7 Å². The van der Waals surface area contributed by atoms with Crippen molar-refractivity contribution in [2.24, 2.45) is 0 Å². The van der Waals surface area contributed by atoms with Gasteiger partial charge in [0.2, 0.25) is 0 Å². The predicted octanol–water partition coefficient (Wildman–Crippen LogP) is 4.87. The summed E-state index contributed by atoms with van der Waals surface area (Å²) in [5.41, 5.74) is 5.27. The molecule has 124 valence electrons. The van der Waals surface area contributed by atoms with Crippen LogP contribution in [-0.4, -0.2) is 14.5 Å². The van der Waals surface area contributed by atoms with E-state index >= 15 is 0 Å². The Morgan fingerprint density at radius 2 is 1.88 bits per heavy atom. The summed E-state index contributed by atoms with van der Waals surface area (Å²) in [5.74, 6) is 1.78. The molecule has 0 radical (unpaired) electrons. The van der Waals surface area contributed by atoms with Gasteiger partial charge in [-0.15, -0.1) is 0 Å². The average Bonchev–Trinajstić information content (AvgIpc) is 3.20. The lowest BCUT2D eigenvalue weighted by molar-refractivity contribution is 0.540. The summed E-state index contributed by atoms with van der Waals surface area (Å²) >= 11 is 0. The van der Waals surface area contributed by atoms with Crippen molar-refractivity contribution in [1.82, 2.24) is 14.5 Å². The maximum absolute atomic E-state index is 6.02. The Morgan fingerprint density at radius 3 is 2.56 bits per heavy atom. The van der Waals surface area contributed by atoms with Crippen LogP contribution < -0.4 is 0 Å². The van der Waals surface area contributed by atoms with Crippen molar-refractivity contribution in [2.45, 2.75) is 20.4 Å². The van der Waals surface area contributed by atoms with E-state index in [0.29, 0.717) is 6.54 Å². The van der Waals surface area contributed by atoms with Crippen LogP contribution in [0.5, 0.6) is 0 Å². The summed E-state index contributed by atoms with van der Waals surface area (Å²) in [7, 11) is 0. The standard InChI is InChI=1S/C21H19N3O/c1-15-11-19(25-16(15)2)21-20(18-8-4-3-5-9-18)23-14-24(21)13-17-7-6-10-22-12-17/h3-12,14H,13H2,1-2H3. The Balaban J connectivity index is 1.86. The number of hydrogen-bond acceptors (Lipinski definition) is 3.